The van der Waals surface area contributed by atoms with Crippen LogP contribution >= 0.6 is 0 Å². The average Bonchev–Trinajstić information content (AvgIpc) is 3.09. The Morgan fingerprint density at radius 1 is 0.518 bits per heavy atom. The third kappa shape index (κ3) is 9.20. The molecule has 0 unspecified atom stereocenters. The SMILES string of the molecule is CC(C)(C)c1ccc(N(c2ccc(/C=C/C3=CC(=C(C#N)C#N)c4cc(C(C)(C)C)cc(C(C)(C)C)c4O3)cc2)c2cc(C(C)(C)C)cc(C(C)(C)C)c2)cc1. The van der Waals surface area contributed by atoms with Gasteiger partial charge < -0.3 is 9.64 Å². The van der Waals surface area contributed by atoms with Crippen molar-refractivity contribution in [2.45, 2.75) is 131 Å². The maximum Gasteiger partial charge on any atom is 0.139 e. The van der Waals surface area contributed by atoms with E-state index in [1.807, 2.05) is 18.2 Å². The molecule has 1 heterocycles. The molecule has 0 fully saturated rings. The van der Waals surface area contributed by atoms with Crippen LogP contribution in [0.2, 0.25) is 0 Å². The minimum absolute atomic E-state index is 0.0262. The molecular weight excluding hydrogens is 683 g/mol. The van der Waals surface area contributed by atoms with E-state index in [2.05, 4.69) is 200 Å². The zero-order valence-electron chi connectivity index (χ0n) is 36.5. The fourth-order valence-corrected chi connectivity index (χ4v) is 6.81. The van der Waals surface area contributed by atoms with Crippen LogP contribution in [0, 0.1) is 22.7 Å². The minimum atomic E-state index is -0.239. The van der Waals surface area contributed by atoms with Gasteiger partial charge in [0.05, 0.1) is 0 Å². The number of benzene rings is 4. The van der Waals surface area contributed by atoms with Crippen LogP contribution in [0.15, 0.2) is 102 Å². The molecular formula is C52H61N3O. The average molecular weight is 744 g/mol. The molecule has 0 saturated carbocycles. The predicted octanol–water partition coefficient (Wildman–Crippen LogP) is 14.4. The lowest BCUT2D eigenvalue weighted by Crippen LogP contribution is -2.20. The van der Waals surface area contributed by atoms with Gasteiger partial charge in [0.2, 0.25) is 0 Å². The molecule has 4 aromatic rings. The summed E-state index contributed by atoms with van der Waals surface area (Å²) in [6.07, 6.45) is 5.78. The van der Waals surface area contributed by atoms with Crippen molar-refractivity contribution in [1.82, 2.24) is 0 Å². The molecule has 4 heteroatoms. The molecule has 0 spiro atoms. The molecule has 0 aromatic heterocycles. The highest BCUT2D eigenvalue weighted by Crippen LogP contribution is 2.46. The van der Waals surface area contributed by atoms with E-state index in [9.17, 15) is 10.5 Å². The monoisotopic (exact) mass is 743 g/mol. The number of nitrogens with zero attached hydrogens (tertiary/aromatic N) is 3. The molecule has 0 amide bonds. The summed E-state index contributed by atoms with van der Waals surface area (Å²) in [5, 5.41) is 20.1. The quantitative estimate of drug-likeness (QED) is 0.191. The van der Waals surface area contributed by atoms with Crippen molar-refractivity contribution >= 4 is 28.7 Å². The second-order valence-corrected chi connectivity index (χ2v) is 20.4. The lowest BCUT2D eigenvalue weighted by Gasteiger charge is -2.31. The summed E-state index contributed by atoms with van der Waals surface area (Å²) in [7, 11) is 0. The van der Waals surface area contributed by atoms with Gasteiger partial charge >= 0.3 is 0 Å². The van der Waals surface area contributed by atoms with Crippen LogP contribution in [0.5, 0.6) is 5.75 Å². The molecule has 0 aliphatic carbocycles. The van der Waals surface area contributed by atoms with Crippen molar-refractivity contribution in [2.75, 3.05) is 4.90 Å². The zero-order valence-corrected chi connectivity index (χ0v) is 36.5. The van der Waals surface area contributed by atoms with E-state index in [4.69, 9.17) is 4.74 Å². The first-order valence-electron chi connectivity index (χ1n) is 19.8. The number of nitriles is 2. The van der Waals surface area contributed by atoms with Crippen molar-refractivity contribution in [3.05, 3.63) is 141 Å². The molecule has 4 nitrogen and oxygen atoms in total. The van der Waals surface area contributed by atoms with Gasteiger partial charge in [0, 0.05) is 33.8 Å². The number of ether oxygens (including phenoxy) is 1. The van der Waals surface area contributed by atoms with Crippen LogP contribution in [0.25, 0.3) is 11.6 Å². The first-order valence-corrected chi connectivity index (χ1v) is 19.8. The molecule has 0 saturated heterocycles. The van der Waals surface area contributed by atoms with Gasteiger partial charge in [-0.15, -0.1) is 0 Å². The van der Waals surface area contributed by atoms with Crippen LogP contribution in [-0.4, -0.2) is 0 Å². The third-order valence-corrected chi connectivity index (χ3v) is 10.5. The molecule has 5 rings (SSSR count). The molecule has 1 aliphatic rings. The molecule has 4 aromatic carbocycles. The lowest BCUT2D eigenvalue weighted by molar-refractivity contribution is 0.418. The van der Waals surface area contributed by atoms with Gasteiger partial charge in [-0.05, 0) is 110 Å². The van der Waals surface area contributed by atoms with Gasteiger partial charge in [-0.2, -0.15) is 10.5 Å². The van der Waals surface area contributed by atoms with Gasteiger partial charge in [-0.25, -0.2) is 0 Å². The highest BCUT2D eigenvalue weighted by molar-refractivity contribution is 5.88. The van der Waals surface area contributed by atoms with Crippen molar-refractivity contribution in [3.63, 3.8) is 0 Å². The van der Waals surface area contributed by atoms with Crippen LogP contribution in [0.3, 0.4) is 0 Å². The minimum Gasteiger partial charge on any atom is -0.456 e. The second kappa shape index (κ2) is 15.0. The predicted molar refractivity (Wildman–Crippen MR) is 237 cm³/mol. The Morgan fingerprint density at radius 2 is 0.982 bits per heavy atom. The van der Waals surface area contributed by atoms with Gasteiger partial charge in [0.15, 0.2) is 0 Å². The summed E-state index contributed by atoms with van der Waals surface area (Å²) >= 11 is 0. The van der Waals surface area contributed by atoms with Crippen molar-refractivity contribution in [1.29, 1.82) is 10.5 Å². The van der Waals surface area contributed by atoms with E-state index in [0.29, 0.717) is 17.1 Å². The Morgan fingerprint density at radius 3 is 1.43 bits per heavy atom. The summed E-state index contributed by atoms with van der Waals surface area (Å²) < 4.78 is 6.65. The van der Waals surface area contributed by atoms with Crippen LogP contribution in [0.1, 0.15) is 143 Å². The molecule has 0 N–H and O–H groups in total. The summed E-state index contributed by atoms with van der Waals surface area (Å²) in [6.45, 7) is 33.4. The van der Waals surface area contributed by atoms with E-state index in [1.54, 1.807) is 0 Å². The first kappa shape index (κ1) is 41.8. The topological polar surface area (TPSA) is 60.0 Å². The number of rotatable bonds is 5. The number of fused-ring (bicyclic) bond motifs is 1. The Balaban J connectivity index is 1.60. The highest BCUT2D eigenvalue weighted by Gasteiger charge is 2.31. The van der Waals surface area contributed by atoms with Crippen molar-refractivity contribution < 1.29 is 4.74 Å². The largest absolute Gasteiger partial charge is 0.456 e. The Kier molecular flexibility index (Phi) is 11.2. The van der Waals surface area contributed by atoms with Gasteiger partial charge in [-0.3, -0.25) is 0 Å². The van der Waals surface area contributed by atoms with Crippen molar-refractivity contribution in [2.24, 2.45) is 0 Å². The van der Waals surface area contributed by atoms with E-state index >= 15 is 0 Å². The molecule has 0 atom stereocenters. The molecule has 1 aliphatic heterocycles. The van der Waals surface area contributed by atoms with Crippen LogP contribution in [-0.2, 0) is 27.1 Å². The summed E-state index contributed by atoms with van der Waals surface area (Å²) in [4.78, 5) is 2.36. The lowest BCUT2D eigenvalue weighted by atomic mass is 9.77. The Bertz CT molecular complexity index is 2240. The van der Waals surface area contributed by atoms with E-state index in [-0.39, 0.29) is 32.6 Å². The number of anilines is 3. The van der Waals surface area contributed by atoms with Gasteiger partial charge in [-0.1, -0.05) is 146 Å². The molecule has 0 radical (unpaired) electrons. The maximum absolute atomic E-state index is 10.0. The number of allylic oxidation sites excluding steroid dienone is 4. The summed E-state index contributed by atoms with van der Waals surface area (Å²) in [5.41, 5.74) is 11.4. The van der Waals surface area contributed by atoms with Gasteiger partial charge in [0.1, 0.15) is 29.2 Å². The van der Waals surface area contributed by atoms with E-state index in [0.717, 1.165) is 39.3 Å². The number of hydrogen-bond acceptors (Lipinski definition) is 4. The standard InChI is InChI=1S/C52H61N3O/c1-48(2,3)36-19-23-41(24-20-36)55(42-27-37(49(4,5)6)26-38(28-42)50(7,8)9)40-21-16-34(17-22-40)18-25-43-31-44(35(32-53)33-54)45-29-39(51(10,11)12)30-46(47(45)56-43)52(13,14)15/h16-31H,1-15H3/b25-18+. The highest BCUT2D eigenvalue weighted by atomic mass is 16.5. The normalized spacial score (nSPS) is 13.7. The van der Waals surface area contributed by atoms with Crippen LogP contribution < -0.4 is 9.64 Å². The van der Waals surface area contributed by atoms with Crippen LogP contribution in [0.4, 0.5) is 17.1 Å². The zero-order chi connectivity index (χ0) is 41.6. The summed E-state index contributed by atoms with van der Waals surface area (Å²) in [6, 6.07) is 33.2. The second-order valence-electron chi connectivity index (χ2n) is 20.4. The maximum atomic E-state index is 10.0. The summed E-state index contributed by atoms with van der Waals surface area (Å²) in [5.74, 6) is 1.27. The van der Waals surface area contributed by atoms with Gasteiger partial charge in [0.25, 0.3) is 0 Å². The Hall–Kier alpha value is -5.32. The fourth-order valence-electron chi connectivity index (χ4n) is 6.81. The molecule has 56 heavy (non-hydrogen) atoms. The number of hydrogen-bond donors (Lipinski definition) is 0. The van der Waals surface area contributed by atoms with E-state index in [1.165, 1.54) is 16.7 Å². The third-order valence-electron chi connectivity index (χ3n) is 10.5. The first-order chi connectivity index (χ1) is 25.8. The Labute approximate surface area is 337 Å². The smallest absolute Gasteiger partial charge is 0.139 e. The molecule has 0 bridgehead atoms. The van der Waals surface area contributed by atoms with Crippen molar-refractivity contribution in [3.8, 4) is 17.9 Å². The molecule has 290 valence electrons. The fraction of sp³-hybridized carbons (Fsp3) is 0.385. The van der Waals surface area contributed by atoms with E-state index < -0.39 is 0 Å².